The Hall–Kier alpha value is -1.97. The Kier molecular flexibility index (Phi) is 3.04. The molecule has 0 spiro atoms. The number of rotatable bonds is 3. The predicted octanol–water partition coefficient (Wildman–Crippen LogP) is 1.95. The number of carboxylic acid groups (broad SMARTS) is 1. The van der Waals surface area contributed by atoms with Crippen LogP contribution in [0.3, 0.4) is 0 Å². The van der Waals surface area contributed by atoms with E-state index in [0.717, 1.165) is 16.9 Å². The van der Waals surface area contributed by atoms with Crippen LogP contribution in [0.2, 0.25) is 0 Å². The number of ether oxygens (including phenoxy) is 2. The normalized spacial score (nSPS) is 13.2. The second-order valence-corrected chi connectivity index (χ2v) is 4.01. The Morgan fingerprint density at radius 3 is 2.53 bits per heavy atom. The van der Waals surface area contributed by atoms with Gasteiger partial charge >= 0.3 is 5.97 Å². The molecule has 2 rings (SSSR count). The second-order valence-electron chi connectivity index (χ2n) is 4.01. The fourth-order valence-corrected chi connectivity index (χ4v) is 1.73. The topological polar surface area (TPSA) is 55.8 Å². The number of hydrogen-bond acceptors (Lipinski definition) is 3. The summed E-state index contributed by atoms with van der Waals surface area (Å²) in [5, 5.41) is 8.82. The molecule has 1 aromatic carbocycles. The van der Waals surface area contributed by atoms with Crippen molar-refractivity contribution in [1.82, 2.24) is 0 Å². The molecule has 17 heavy (non-hydrogen) atoms. The molecule has 0 amide bonds. The molecule has 0 saturated carbocycles. The minimum absolute atomic E-state index is 0.171. The summed E-state index contributed by atoms with van der Waals surface area (Å²) in [4.78, 5) is 10.7. The number of carboxylic acids is 1. The van der Waals surface area contributed by atoms with E-state index >= 15 is 0 Å². The van der Waals surface area contributed by atoms with E-state index < -0.39 is 5.97 Å². The third kappa shape index (κ3) is 2.41. The fourth-order valence-electron chi connectivity index (χ4n) is 1.73. The summed E-state index contributed by atoms with van der Waals surface area (Å²) in [6, 6.07) is 3.71. The van der Waals surface area contributed by atoms with Crippen LogP contribution in [0.1, 0.15) is 11.1 Å². The van der Waals surface area contributed by atoms with Gasteiger partial charge < -0.3 is 14.6 Å². The van der Waals surface area contributed by atoms with Crippen LogP contribution in [0.5, 0.6) is 11.5 Å². The van der Waals surface area contributed by atoms with Crippen molar-refractivity contribution in [3.8, 4) is 11.5 Å². The Bertz CT molecular complexity index is 477. The summed E-state index contributed by atoms with van der Waals surface area (Å²) in [6.07, 6.45) is 0.317. The number of carbonyl (C=O) groups is 1. The van der Waals surface area contributed by atoms with Gasteiger partial charge in [-0.3, -0.25) is 0 Å². The predicted molar refractivity (Wildman–Crippen MR) is 62.6 cm³/mol. The van der Waals surface area contributed by atoms with E-state index in [4.69, 9.17) is 14.6 Å². The van der Waals surface area contributed by atoms with Gasteiger partial charge in [-0.25, -0.2) is 4.79 Å². The van der Waals surface area contributed by atoms with Gasteiger partial charge in [0.15, 0.2) is 11.5 Å². The van der Waals surface area contributed by atoms with Crippen molar-refractivity contribution in [3.05, 3.63) is 35.4 Å². The zero-order valence-electron chi connectivity index (χ0n) is 9.66. The molecule has 0 atom stereocenters. The van der Waals surface area contributed by atoms with E-state index in [-0.39, 0.29) is 5.57 Å². The van der Waals surface area contributed by atoms with Crippen molar-refractivity contribution in [2.75, 3.05) is 13.2 Å². The standard InChI is InChI=1S/C13H14O4/c1-8-6-11-12(17-4-3-16-11)7-10(8)5-9(2)13(14)15/h6-7H,2-5H2,1H3,(H,14,15). The molecule has 0 fully saturated rings. The molecule has 0 aliphatic carbocycles. The number of benzene rings is 1. The minimum atomic E-state index is -0.973. The smallest absolute Gasteiger partial charge is 0.331 e. The maximum absolute atomic E-state index is 10.7. The summed E-state index contributed by atoms with van der Waals surface area (Å²) in [5.74, 6) is 0.424. The molecule has 0 unspecified atom stereocenters. The average molecular weight is 234 g/mol. The van der Waals surface area contributed by atoms with E-state index in [2.05, 4.69) is 6.58 Å². The Morgan fingerprint density at radius 2 is 1.94 bits per heavy atom. The molecule has 0 aromatic heterocycles. The largest absolute Gasteiger partial charge is 0.486 e. The molecule has 0 bridgehead atoms. The van der Waals surface area contributed by atoms with Crippen molar-refractivity contribution in [1.29, 1.82) is 0 Å². The van der Waals surface area contributed by atoms with Crippen molar-refractivity contribution in [2.45, 2.75) is 13.3 Å². The van der Waals surface area contributed by atoms with Crippen LogP contribution in [-0.4, -0.2) is 24.3 Å². The monoisotopic (exact) mass is 234 g/mol. The fraction of sp³-hybridized carbons (Fsp3) is 0.308. The van der Waals surface area contributed by atoms with Crippen LogP contribution in [0.4, 0.5) is 0 Å². The molecule has 0 saturated heterocycles. The number of fused-ring (bicyclic) bond motifs is 1. The summed E-state index contributed by atoms with van der Waals surface area (Å²) in [5.41, 5.74) is 2.06. The summed E-state index contributed by atoms with van der Waals surface area (Å²) in [6.45, 7) is 6.52. The first-order valence-corrected chi connectivity index (χ1v) is 5.38. The molecule has 1 aromatic rings. The lowest BCUT2D eigenvalue weighted by Crippen LogP contribution is -2.16. The zero-order chi connectivity index (χ0) is 12.4. The van der Waals surface area contributed by atoms with Gasteiger partial charge in [-0.15, -0.1) is 0 Å². The Labute approximate surface area is 99.5 Å². The molecule has 4 nitrogen and oxygen atoms in total. The lowest BCUT2D eigenvalue weighted by Gasteiger charge is -2.20. The van der Waals surface area contributed by atoms with Gasteiger partial charge in [0.1, 0.15) is 13.2 Å². The van der Waals surface area contributed by atoms with Crippen LogP contribution >= 0.6 is 0 Å². The lowest BCUT2D eigenvalue weighted by atomic mass is 10.0. The summed E-state index contributed by atoms with van der Waals surface area (Å²) >= 11 is 0. The van der Waals surface area contributed by atoms with E-state index in [9.17, 15) is 4.79 Å². The highest BCUT2D eigenvalue weighted by molar-refractivity contribution is 5.86. The van der Waals surface area contributed by atoms with E-state index in [0.29, 0.717) is 25.4 Å². The third-order valence-electron chi connectivity index (χ3n) is 2.71. The van der Waals surface area contributed by atoms with Crippen LogP contribution < -0.4 is 9.47 Å². The van der Waals surface area contributed by atoms with Gasteiger partial charge in [0.05, 0.1) is 0 Å². The molecule has 1 aliphatic rings. The average Bonchev–Trinajstić information content (AvgIpc) is 2.29. The van der Waals surface area contributed by atoms with Crippen molar-refractivity contribution in [3.63, 3.8) is 0 Å². The van der Waals surface area contributed by atoms with Gasteiger partial charge in [-0.2, -0.15) is 0 Å². The zero-order valence-corrected chi connectivity index (χ0v) is 9.66. The molecule has 90 valence electrons. The first-order valence-electron chi connectivity index (χ1n) is 5.38. The second kappa shape index (κ2) is 4.49. The quantitative estimate of drug-likeness (QED) is 0.812. The molecular weight excluding hydrogens is 220 g/mol. The van der Waals surface area contributed by atoms with E-state index in [1.807, 2.05) is 19.1 Å². The van der Waals surface area contributed by atoms with Crippen LogP contribution in [0.25, 0.3) is 0 Å². The highest BCUT2D eigenvalue weighted by Crippen LogP contribution is 2.33. The first kappa shape index (κ1) is 11.5. The molecule has 4 heteroatoms. The van der Waals surface area contributed by atoms with Gasteiger partial charge in [0.2, 0.25) is 0 Å². The van der Waals surface area contributed by atoms with Crippen LogP contribution in [-0.2, 0) is 11.2 Å². The SMILES string of the molecule is C=C(Cc1cc2c(cc1C)OCCO2)C(=O)O. The first-order chi connectivity index (χ1) is 8.08. The van der Waals surface area contributed by atoms with Gasteiger partial charge in [-0.1, -0.05) is 6.58 Å². The van der Waals surface area contributed by atoms with Crippen LogP contribution in [0, 0.1) is 6.92 Å². The highest BCUT2D eigenvalue weighted by Gasteiger charge is 2.15. The molecule has 1 heterocycles. The maximum Gasteiger partial charge on any atom is 0.331 e. The summed E-state index contributed by atoms with van der Waals surface area (Å²) in [7, 11) is 0. The Balaban J connectivity index is 2.28. The lowest BCUT2D eigenvalue weighted by molar-refractivity contribution is -0.132. The molecule has 1 aliphatic heterocycles. The number of aliphatic carboxylic acids is 1. The van der Waals surface area contributed by atoms with Crippen LogP contribution in [0.15, 0.2) is 24.3 Å². The molecule has 1 N–H and O–H groups in total. The van der Waals surface area contributed by atoms with Crippen molar-refractivity contribution in [2.24, 2.45) is 0 Å². The van der Waals surface area contributed by atoms with Gasteiger partial charge in [0.25, 0.3) is 0 Å². The van der Waals surface area contributed by atoms with Gasteiger partial charge in [0, 0.05) is 12.0 Å². The Morgan fingerprint density at radius 1 is 1.35 bits per heavy atom. The molecular formula is C13H14O4. The maximum atomic E-state index is 10.7. The molecule has 0 radical (unpaired) electrons. The third-order valence-corrected chi connectivity index (χ3v) is 2.71. The number of hydrogen-bond donors (Lipinski definition) is 1. The van der Waals surface area contributed by atoms with Gasteiger partial charge in [-0.05, 0) is 30.2 Å². The minimum Gasteiger partial charge on any atom is -0.486 e. The van der Waals surface area contributed by atoms with Crippen molar-refractivity contribution >= 4 is 5.97 Å². The van der Waals surface area contributed by atoms with Crippen molar-refractivity contribution < 1.29 is 19.4 Å². The van der Waals surface area contributed by atoms with E-state index in [1.54, 1.807) is 0 Å². The summed E-state index contributed by atoms with van der Waals surface area (Å²) < 4.78 is 10.9. The van der Waals surface area contributed by atoms with E-state index in [1.165, 1.54) is 0 Å². The number of aryl methyl sites for hydroxylation is 1. The highest BCUT2D eigenvalue weighted by atomic mass is 16.6.